The topological polar surface area (TPSA) is 99.1 Å². The summed E-state index contributed by atoms with van der Waals surface area (Å²) in [5.41, 5.74) is 6.35. The minimum atomic E-state index is 0.392. The van der Waals surface area contributed by atoms with E-state index in [4.69, 9.17) is 14.9 Å². The summed E-state index contributed by atoms with van der Waals surface area (Å²) in [4.78, 5) is 12.3. The summed E-state index contributed by atoms with van der Waals surface area (Å²) in [6.45, 7) is 5.01. The van der Waals surface area contributed by atoms with Crippen LogP contribution in [0.1, 0.15) is 31.9 Å². The van der Waals surface area contributed by atoms with Crippen molar-refractivity contribution < 1.29 is 9.15 Å². The van der Waals surface area contributed by atoms with Crippen LogP contribution in [-0.2, 0) is 13.0 Å². The molecule has 0 saturated carbocycles. The molecule has 0 radical (unpaired) electrons. The second-order valence-corrected chi connectivity index (χ2v) is 4.22. The second-order valence-electron chi connectivity index (χ2n) is 4.22. The van der Waals surface area contributed by atoms with Gasteiger partial charge in [-0.3, -0.25) is 0 Å². The van der Waals surface area contributed by atoms with Gasteiger partial charge >= 0.3 is 0 Å². The number of nitrogen functional groups attached to an aromatic ring is 1. The third-order valence-electron chi connectivity index (χ3n) is 2.65. The van der Waals surface area contributed by atoms with Crippen molar-refractivity contribution in [2.75, 3.05) is 17.7 Å². The van der Waals surface area contributed by atoms with Crippen molar-refractivity contribution in [3.05, 3.63) is 24.2 Å². The number of aryl methyl sites for hydroxylation is 1. The molecule has 0 aromatic carbocycles. The quantitative estimate of drug-likeness (QED) is 0.798. The van der Waals surface area contributed by atoms with Crippen LogP contribution in [0.2, 0.25) is 0 Å². The Morgan fingerprint density at radius 1 is 1.30 bits per heavy atom. The van der Waals surface area contributed by atoms with E-state index >= 15 is 0 Å². The number of nitrogens with two attached hydrogens (primary N) is 1. The zero-order chi connectivity index (χ0) is 14.4. The number of nitrogens with zero attached hydrogens (tertiary/aromatic N) is 3. The molecule has 2 heterocycles. The van der Waals surface area contributed by atoms with Crippen LogP contribution in [0, 0.1) is 0 Å². The maximum atomic E-state index is 5.96. The van der Waals surface area contributed by atoms with Gasteiger partial charge < -0.3 is 20.2 Å². The third-order valence-corrected chi connectivity index (χ3v) is 2.65. The average molecular weight is 277 g/mol. The molecule has 20 heavy (non-hydrogen) atoms. The van der Waals surface area contributed by atoms with Gasteiger partial charge in [-0.15, -0.1) is 0 Å². The molecule has 3 N–H and O–H groups in total. The van der Waals surface area contributed by atoms with Crippen molar-refractivity contribution in [2.45, 2.75) is 33.2 Å². The Morgan fingerprint density at radius 3 is 2.85 bits per heavy atom. The maximum Gasteiger partial charge on any atom is 0.242 e. The highest BCUT2D eigenvalue weighted by Gasteiger charge is 2.10. The molecule has 0 aliphatic heterocycles. The number of hydrogen-bond donors (Lipinski definition) is 2. The lowest BCUT2D eigenvalue weighted by Gasteiger charge is -2.10. The number of aromatic nitrogens is 3. The number of hydrogen-bond acceptors (Lipinski definition) is 7. The lowest BCUT2D eigenvalue weighted by molar-refractivity contribution is 0.306. The van der Waals surface area contributed by atoms with Crippen LogP contribution in [0.5, 0.6) is 5.88 Å². The lowest BCUT2D eigenvalue weighted by Crippen LogP contribution is -2.08. The summed E-state index contributed by atoms with van der Waals surface area (Å²) in [5, 5.41) is 3.07. The highest BCUT2D eigenvalue weighted by molar-refractivity contribution is 5.66. The molecule has 2 rings (SSSR count). The molecule has 0 unspecified atom stereocenters. The highest BCUT2D eigenvalue weighted by atomic mass is 16.5. The van der Waals surface area contributed by atoms with E-state index in [1.807, 2.05) is 13.8 Å². The Labute approximate surface area is 117 Å². The van der Waals surface area contributed by atoms with Crippen LogP contribution in [0.15, 0.2) is 16.9 Å². The van der Waals surface area contributed by atoms with Crippen molar-refractivity contribution in [2.24, 2.45) is 0 Å². The van der Waals surface area contributed by atoms with Crippen molar-refractivity contribution in [1.29, 1.82) is 0 Å². The molecule has 7 nitrogen and oxygen atoms in total. The van der Waals surface area contributed by atoms with Crippen molar-refractivity contribution in [1.82, 2.24) is 15.0 Å². The minimum Gasteiger partial charge on any atom is -0.476 e. The van der Waals surface area contributed by atoms with E-state index in [-0.39, 0.29) is 0 Å². The van der Waals surface area contributed by atoms with E-state index in [9.17, 15) is 0 Å². The Bertz CT molecular complexity index is 555. The predicted octanol–water partition coefficient (Wildman–Crippen LogP) is 2.01. The van der Waals surface area contributed by atoms with Gasteiger partial charge in [0.05, 0.1) is 19.3 Å². The molecule has 0 aliphatic carbocycles. The molecule has 2 aromatic heterocycles. The van der Waals surface area contributed by atoms with Gasteiger partial charge in [-0.2, -0.15) is 4.98 Å². The summed E-state index contributed by atoms with van der Waals surface area (Å²) < 4.78 is 10.9. The number of oxazole rings is 1. The summed E-state index contributed by atoms with van der Waals surface area (Å²) in [6, 6.07) is 0. The Balaban J connectivity index is 2.01. The fourth-order valence-corrected chi connectivity index (χ4v) is 1.59. The molecule has 0 fully saturated rings. The Hall–Kier alpha value is -2.31. The van der Waals surface area contributed by atoms with Gasteiger partial charge in [-0.1, -0.05) is 13.8 Å². The standard InChI is InChI=1S/C13H19N5O2/c1-3-5-19-13-11(14)12(17-8-18-13)16-7-10-15-6-9(4-2)20-10/h6,8H,3-5,7,14H2,1-2H3,(H,16,17,18). The first-order valence-corrected chi connectivity index (χ1v) is 6.65. The maximum absolute atomic E-state index is 5.96. The first-order valence-electron chi connectivity index (χ1n) is 6.65. The molecule has 108 valence electrons. The average Bonchev–Trinajstić information content (AvgIpc) is 2.93. The predicted molar refractivity (Wildman–Crippen MR) is 75.4 cm³/mol. The van der Waals surface area contributed by atoms with Crippen LogP contribution in [0.3, 0.4) is 0 Å². The molecule has 2 aromatic rings. The summed E-state index contributed by atoms with van der Waals surface area (Å²) in [7, 11) is 0. The van der Waals surface area contributed by atoms with E-state index in [2.05, 4.69) is 20.3 Å². The van der Waals surface area contributed by atoms with E-state index < -0.39 is 0 Å². The number of rotatable bonds is 7. The monoisotopic (exact) mass is 277 g/mol. The van der Waals surface area contributed by atoms with Crippen LogP contribution < -0.4 is 15.8 Å². The first-order chi connectivity index (χ1) is 9.74. The summed E-state index contributed by atoms with van der Waals surface area (Å²) >= 11 is 0. The van der Waals surface area contributed by atoms with E-state index in [1.165, 1.54) is 6.33 Å². The van der Waals surface area contributed by atoms with Gasteiger partial charge in [0.25, 0.3) is 0 Å². The normalized spacial score (nSPS) is 10.5. The van der Waals surface area contributed by atoms with E-state index in [0.29, 0.717) is 36.4 Å². The van der Waals surface area contributed by atoms with Crippen LogP contribution in [0.25, 0.3) is 0 Å². The van der Waals surface area contributed by atoms with Crippen LogP contribution in [-0.4, -0.2) is 21.6 Å². The molecular weight excluding hydrogens is 258 g/mol. The molecule has 0 aliphatic rings. The first kappa shape index (κ1) is 14.1. The third kappa shape index (κ3) is 3.37. The zero-order valence-corrected chi connectivity index (χ0v) is 11.7. The fourth-order valence-electron chi connectivity index (χ4n) is 1.59. The van der Waals surface area contributed by atoms with E-state index in [1.54, 1.807) is 6.20 Å². The molecule has 0 bridgehead atoms. The summed E-state index contributed by atoms with van der Waals surface area (Å²) in [6.07, 6.45) is 4.84. The lowest BCUT2D eigenvalue weighted by atomic mass is 10.4. The Kier molecular flexibility index (Phi) is 4.75. The minimum absolute atomic E-state index is 0.392. The van der Waals surface area contributed by atoms with Gasteiger partial charge in [-0.25, -0.2) is 9.97 Å². The molecular formula is C13H19N5O2. The smallest absolute Gasteiger partial charge is 0.242 e. The second kappa shape index (κ2) is 6.74. The number of anilines is 2. The van der Waals surface area contributed by atoms with Gasteiger partial charge in [0.1, 0.15) is 17.8 Å². The molecule has 0 saturated heterocycles. The largest absolute Gasteiger partial charge is 0.476 e. The summed E-state index contributed by atoms with van der Waals surface area (Å²) in [5.74, 6) is 2.36. The van der Waals surface area contributed by atoms with Gasteiger partial charge in [0.2, 0.25) is 11.8 Å². The van der Waals surface area contributed by atoms with Crippen molar-refractivity contribution in [3.63, 3.8) is 0 Å². The van der Waals surface area contributed by atoms with Crippen LogP contribution >= 0.6 is 0 Å². The van der Waals surface area contributed by atoms with Crippen molar-refractivity contribution in [3.8, 4) is 5.88 Å². The van der Waals surface area contributed by atoms with Gasteiger partial charge in [0.15, 0.2) is 5.82 Å². The molecule has 0 atom stereocenters. The van der Waals surface area contributed by atoms with Gasteiger partial charge in [0, 0.05) is 6.42 Å². The fraction of sp³-hybridized carbons (Fsp3) is 0.462. The molecule has 0 amide bonds. The SMILES string of the molecule is CCCOc1ncnc(NCc2ncc(CC)o2)c1N. The van der Waals surface area contributed by atoms with Crippen LogP contribution in [0.4, 0.5) is 11.5 Å². The highest BCUT2D eigenvalue weighted by Crippen LogP contribution is 2.24. The van der Waals surface area contributed by atoms with Gasteiger partial charge in [-0.05, 0) is 6.42 Å². The van der Waals surface area contributed by atoms with E-state index in [0.717, 1.165) is 18.6 Å². The molecule has 7 heteroatoms. The number of ether oxygens (including phenoxy) is 1. The molecule has 0 spiro atoms. The Morgan fingerprint density at radius 2 is 2.15 bits per heavy atom. The number of nitrogens with one attached hydrogen (secondary N) is 1. The zero-order valence-electron chi connectivity index (χ0n) is 11.7. The van der Waals surface area contributed by atoms with Crippen molar-refractivity contribution >= 4 is 11.5 Å².